The van der Waals surface area contributed by atoms with Gasteiger partial charge in [-0.1, -0.05) is 67.9 Å². The van der Waals surface area contributed by atoms with Gasteiger partial charge >= 0.3 is 12.1 Å². The maximum absolute atomic E-state index is 14.3. The quantitative estimate of drug-likeness (QED) is 0.362. The number of hydrogen-bond donors (Lipinski definition) is 0. The molecule has 3 atom stereocenters. The number of nitriles is 1. The molecule has 1 aliphatic rings. The van der Waals surface area contributed by atoms with Crippen molar-refractivity contribution in [2.45, 2.75) is 32.5 Å². The molecule has 2 aromatic rings. The van der Waals surface area contributed by atoms with E-state index in [4.69, 9.17) is 16.3 Å². The van der Waals surface area contributed by atoms with Crippen LogP contribution in [0.4, 0.5) is 17.6 Å². The van der Waals surface area contributed by atoms with Crippen LogP contribution in [-0.4, -0.2) is 12.1 Å². The van der Waals surface area contributed by atoms with E-state index in [-0.39, 0.29) is 12.0 Å². The van der Waals surface area contributed by atoms with Crippen LogP contribution in [0.15, 0.2) is 59.6 Å². The standard InChI is InChI=1S/C24H20ClF4NO2/c1-23(2)17(12-20(25)24(27,28)29)21(23)22(31)32-19(13-30)15-8-9-18(26)16(11-15)10-14-6-4-3-5-7-14/h3-9,11-12,17,19,21H,10H2,1-2H3/t17-,19?,21-/m0/s1. The zero-order valence-corrected chi connectivity index (χ0v) is 18.0. The van der Waals surface area contributed by atoms with Crippen LogP contribution >= 0.6 is 11.6 Å². The molecule has 0 heterocycles. The Morgan fingerprint density at radius 3 is 2.50 bits per heavy atom. The lowest BCUT2D eigenvalue weighted by Crippen LogP contribution is -2.15. The molecule has 0 saturated heterocycles. The van der Waals surface area contributed by atoms with E-state index in [1.807, 2.05) is 36.4 Å². The van der Waals surface area contributed by atoms with Crippen LogP contribution in [0.2, 0.25) is 0 Å². The number of benzene rings is 2. The van der Waals surface area contributed by atoms with Crippen molar-refractivity contribution in [2.24, 2.45) is 17.3 Å². The second kappa shape index (κ2) is 8.95. The highest BCUT2D eigenvalue weighted by atomic mass is 35.5. The first-order chi connectivity index (χ1) is 14.9. The highest BCUT2D eigenvalue weighted by molar-refractivity contribution is 6.30. The summed E-state index contributed by atoms with van der Waals surface area (Å²) in [5, 5.41) is 8.23. The topological polar surface area (TPSA) is 50.1 Å². The smallest absolute Gasteiger partial charge is 0.426 e. The van der Waals surface area contributed by atoms with Crippen molar-refractivity contribution in [1.29, 1.82) is 5.26 Å². The number of esters is 1. The number of carbonyl (C=O) groups is 1. The number of hydrogen-bond acceptors (Lipinski definition) is 3. The Hall–Kier alpha value is -2.85. The lowest BCUT2D eigenvalue weighted by atomic mass is 10.00. The Morgan fingerprint density at radius 2 is 1.91 bits per heavy atom. The first-order valence-electron chi connectivity index (χ1n) is 9.82. The molecular weight excluding hydrogens is 446 g/mol. The summed E-state index contributed by atoms with van der Waals surface area (Å²) < 4.78 is 57.8. The summed E-state index contributed by atoms with van der Waals surface area (Å²) in [4.78, 5) is 12.6. The van der Waals surface area contributed by atoms with Gasteiger partial charge in [-0.3, -0.25) is 4.79 Å². The summed E-state index contributed by atoms with van der Waals surface area (Å²) in [6.45, 7) is 3.25. The Kier molecular flexibility index (Phi) is 6.66. The molecule has 0 N–H and O–H groups in total. The minimum absolute atomic E-state index is 0.283. The number of nitrogens with zero attached hydrogens (tertiary/aromatic N) is 1. The summed E-state index contributed by atoms with van der Waals surface area (Å²) in [5.74, 6) is -2.91. The SMILES string of the molecule is CC1(C)[C@H](C(=O)OC(C#N)c2ccc(F)c(Cc3ccccc3)c2)[C@@H]1C=C(Cl)C(F)(F)F. The largest absolute Gasteiger partial charge is 0.442 e. The van der Waals surface area contributed by atoms with E-state index >= 15 is 0 Å². The van der Waals surface area contributed by atoms with E-state index in [1.54, 1.807) is 13.8 Å². The predicted octanol–water partition coefficient (Wildman–Crippen LogP) is 6.48. The second-order valence-corrected chi connectivity index (χ2v) is 8.70. The molecule has 0 bridgehead atoms. The number of ether oxygens (including phenoxy) is 1. The van der Waals surface area contributed by atoms with Gasteiger partial charge in [-0.25, -0.2) is 4.39 Å². The van der Waals surface area contributed by atoms with E-state index in [0.29, 0.717) is 5.56 Å². The third-order valence-electron chi connectivity index (χ3n) is 5.72. The van der Waals surface area contributed by atoms with E-state index in [2.05, 4.69) is 0 Å². The number of halogens is 5. The molecule has 1 unspecified atom stereocenters. The van der Waals surface area contributed by atoms with Crippen molar-refractivity contribution in [3.05, 3.63) is 82.1 Å². The van der Waals surface area contributed by atoms with Crippen LogP contribution in [0, 0.1) is 34.4 Å². The lowest BCUT2D eigenvalue weighted by Gasteiger charge is -2.14. The molecule has 1 aliphatic carbocycles. The van der Waals surface area contributed by atoms with Crippen LogP contribution in [0.5, 0.6) is 0 Å². The highest BCUT2D eigenvalue weighted by Crippen LogP contribution is 2.60. The molecule has 8 heteroatoms. The van der Waals surface area contributed by atoms with Crippen molar-refractivity contribution in [3.8, 4) is 6.07 Å². The van der Waals surface area contributed by atoms with Gasteiger partial charge in [0, 0.05) is 12.0 Å². The Bertz CT molecular complexity index is 1070. The second-order valence-electron chi connectivity index (χ2n) is 8.30. The molecule has 0 amide bonds. The molecule has 2 aromatic carbocycles. The van der Waals surface area contributed by atoms with Crippen molar-refractivity contribution in [2.75, 3.05) is 0 Å². The maximum Gasteiger partial charge on any atom is 0.426 e. The Morgan fingerprint density at radius 1 is 1.25 bits per heavy atom. The monoisotopic (exact) mass is 465 g/mol. The van der Waals surface area contributed by atoms with Gasteiger partial charge in [0.05, 0.1) is 5.92 Å². The van der Waals surface area contributed by atoms with Crippen molar-refractivity contribution in [3.63, 3.8) is 0 Å². The fourth-order valence-electron chi connectivity index (χ4n) is 3.76. The fraction of sp³-hybridized carbons (Fsp3) is 0.333. The van der Waals surface area contributed by atoms with Crippen LogP contribution in [-0.2, 0) is 16.0 Å². The average Bonchev–Trinajstić information content (AvgIpc) is 3.27. The van der Waals surface area contributed by atoms with Crippen LogP contribution in [0.1, 0.15) is 36.6 Å². The third-order valence-corrected chi connectivity index (χ3v) is 6.06. The molecular formula is C24H20ClF4NO2. The van der Waals surface area contributed by atoms with E-state index in [9.17, 15) is 27.6 Å². The van der Waals surface area contributed by atoms with Crippen molar-refractivity contribution >= 4 is 17.6 Å². The molecule has 0 aromatic heterocycles. The molecule has 1 saturated carbocycles. The predicted molar refractivity (Wildman–Crippen MR) is 111 cm³/mol. The van der Waals surface area contributed by atoms with Gasteiger partial charge in [0.25, 0.3) is 0 Å². The minimum atomic E-state index is -4.70. The number of alkyl halides is 3. The molecule has 0 aliphatic heterocycles. The summed E-state index contributed by atoms with van der Waals surface area (Å²) in [6, 6.07) is 15.0. The van der Waals surface area contributed by atoms with Crippen molar-refractivity contribution < 1.29 is 27.1 Å². The van der Waals surface area contributed by atoms with Gasteiger partial charge in [0.1, 0.15) is 16.9 Å². The molecule has 168 valence electrons. The summed E-state index contributed by atoms with van der Waals surface area (Å²) in [6.07, 6.45) is -4.93. The Balaban J connectivity index is 1.76. The van der Waals surface area contributed by atoms with E-state index in [1.165, 1.54) is 18.2 Å². The van der Waals surface area contributed by atoms with Crippen LogP contribution in [0.25, 0.3) is 0 Å². The first-order valence-corrected chi connectivity index (χ1v) is 10.2. The van der Waals surface area contributed by atoms with E-state index < -0.39 is 46.3 Å². The molecule has 0 radical (unpaired) electrons. The van der Waals surface area contributed by atoms with Crippen LogP contribution in [0.3, 0.4) is 0 Å². The van der Waals surface area contributed by atoms with Gasteiger partial charge in [0.2, 0.25) is 6.10 Å². The van der Waals surface area contributed by atoms with Gasteiger partial charge in [-0.2, -0.15) is 18.4 Å². The molecule has 1 fully saturated rings. The third kappa shape index (κ3) is 5.13. The minimum Gasteiger partial charge on any atom is -0.442 e. The normalized spacial score (nSPS) is 20.9. The summed E-state index contributed by atoms with van der Waals surface area (Å²) >= 11 is 5.31. The summed E-state index contributed by atoms with van der Waals surface area (Å²) in [5.41, 5.74) is 0.676. The zero-order chi connectivity index (χ0) is 23.7. The Labute approximate surface area is 188 Å². The molecule has 3 rings (SSSR count). The number of carbonyl (C=O) groups excluding carboxylic acids is 1. The zero-order valence-electron chi connectivity index (χ0n) is 17.3. The van der Waals surface area contributed by atoms with Gasteiger partial charge in [-0.05, 0) is 34.6 Å². The lowest BCUT2D eigenvalue weighted by molar-refractivity contribution is -0.149. The summed E-state index contributed by atoms with van der Waals surface area (Å²) in [7, 11) is 0. The molecule has 0 spiro atoms. The first kappa shape index (κ1) is 23.8. The highest BCUT2D eigenvalue weighted by Gasteiger charge is 2.62. The fourth-order valence-corrected chi connectivity index (χ4v) is 3.89. The maximum atomic E-state index is 14.3. The van der Waals surface area contributed by atoms with Crippen LogP contribution < -0.4 is 0 Å². The molecule has 32 heavy (non-hydrogen) atoms. The van der Waals surface area contributed by atoms with Crippen molar-refractivity contribution in [1.82, 2.24) is 0 Å². The van der Waals surface area contributed by atoms with Gasteiger partial charge in [-0.15, -0.1) is 0 Å². The van der Waals surface area contributed by atoms with E-state index in [0.717, 1.165) is 11.6 Å². The number of allylic oxidation sites excluding steroid dienone is 2. The average molecular weight is 466 g/mol. The molecule has 3 nitrogen and oxygen atoms in total. The van der Waals surface area contributed by atoms with Gasteiger partial charge < -0.3 is 4.74 Å². The number of rotatable bonds is 6. The van der Waals surface area contributed by atoms with Gasteiger partial charge in [0.15, 0.2) is 0 Å².